The maximum Gasteiger partial charge on any atom is 0.224 e. The number of carbonyl (C=O) groups excluding carboxylic acids is 2. The second kappa shape index (κ2) is 11.0. The summed E-state index contributed by atoms with van der Waals surface area (Å²) in [6.45, 7) is 12.2. The molecule has 1 atom stereocenters. The summed E-state index contributed by atoms with van der Waals surface area (Å²) < 4.78 is 5.83. The Kier molecular flexibility index (Phi) is 8.92. The summed E-state index contributed by atoms with van der Waals surface area (Å²) in [7, 11) is 3.99. The van der Waals surface area contributed by atoms with E-state index in [-0.39, 0.29) is 23.3 Å². The van der Waals surface area contributed by atoms with Crippen molar-refractivity contribution in [1.29, 1.82) is 0 Å². The highest BCUT2D eigenvalue weighted by Crippen LogP contribution is 2.27. The van der Waals surface area contributed by atoms with E-state index in [2.05, 4.69) is 26.1 Å². The zero-order valence-corrected chi connectivity index (χ0v) is 20.5. The van der Waals surface area contributed by atoms with E-state index in [1.165, 1.54) is 0 Å². The number of amides is 2. The van der Waals surface area contributed by atoms with Gasteiger partial charge in [-0.2, -0.15) is 0 Å². The largest absolute Gasteiger partial charge is 0.377 e. The molecule has 0 saturated carbocycles. The van der Waals surface area contributed by atoms with Crippen molar-refractivity contribution in [3.63, 3.8) is 0 Å². The summed E-state index contributed by atoms with van der Waals surface area (Å²) in [4.78, 5) is 29.5. The Labute approximate surface area is 188 Å². The van der Waals surface area contributed by atoms with Gasteiger partial charge >= 0.3 is 0 Å². The van der Waals surface area contributed by atoms with E-state index >= 15 is 0 Å². The van der Waals surface area contributed by atoms with Crippen LogP contribution in [0.25, 0.3) is 0 Å². The quantitative estimate of drug-likeness (QED) is 0.617. The van der Waals surface area contributed by atoms with Gasteiger partial charge in [0.05, 0.1) is 6.10 Å². The number of hydrogen-bond acceptors (Lipinski definition) is 4. The molecule has 1 saturated heterocycles. The molecular weight excluding hydrogens is 390 g/mol. The summed E-state index contributed by atoms with van der Waals surface area (Å²) in [5.74, 6) is 0.456. The van der Waals surface area contributed by atoms with Crippen molar-refractivity contribution < 1.29 is 14.3 Å². The molecule has 1 aromatic rings. The number of hydrogen-bond donors (Lipinski definition) is 1. The molecule has 1 heterocycles. The van der Waals surface area contributed by atoms with Gasteiger partial charge in [0.1, 0.15) is 0 Å². The summed E-state index contributed by atoms with van der Waals surface area (Å²) in [6.07, 6.45) is 3.11. The number of rotatable bonds is 9. The smallest absolute Gasteiger partial charge is 0.224 e. The van der Waals surface area contributed by atoms with Gasteiger partial charge < -0.3 is 19.9 Å². The number of benzene rings is 1. The van der Waals surface area contributed by atoms with Crippen LogP contribution in [0.15, 0.2) is 18.2 Å². The first kappa shape index (κ1) is 25.2. The summed E-state index contributed by atoms with van der Waals surface area (Å²) in [5, 5.41) is 3.01. The average molecular weight is 432 g/mol. The van der Waals surface area contributed by atoms with E-state index in [4.69, 9.17) is 4.74 Å². The normalized spacial score (nSPS) is 16.5. The van der Waals surface area contributed by atoms with Crippen LogP contribution in [0, 0.1) is 11.3 Å². The van der Waals surface area contributed by atoms with Crippen molar-refractivity contribution in [3.05, 3.63) is 23.8 Å². The third-order valence-corrected chi connectivity index (χ3v) is 5.28. The van der Waals surface area contributed by atoms with E-state index in [1.807, 2.05) is 55.9 Å². The molecule has 2 rings (SSSR count). The summed E-state index contributed by atoms with van der Waals surface area (Å²) >= 11 is 0. The van der Waals surface area contributed by atoms with Crippen molar-refractivity contribution in [2.75, 3.05) is 37.5 Å². The minimum absolute atomic E-state index is 0.0126. The second-order valence-corrected chi connectivity index (χ2v) is 10.5. The molecule has 174 valence electrons. The Balaban J connectivity index is 2.27. The van der Waals surface area contributed by atoms with Gasteiger partial charge in [-0.3, -0.25) is 9.59 Å². The van der Waals surface area contributed by atoms with Gasteiger partial charge in [-0.15, -0.1) is 0 Å². The number of nitrogens with one attached hydrogen (secondary N) is 1. The highest BCUT2D eigenvalue weighted by Gasteiger charge is 2.26. The van der Waals surface area contributed by atoms with Crippen LogP contribution in [-0.4, -0.2) is 50.1 Å². The van der Waals surface area contributed by atoms with E-state index in [0.29, 0.717) is 31.8 Å². The van der Waals surface area contributed by atoms with E-state index in [1.54, 1.807) is 0 Å². The minimum Gasteiger partial charge on any atom is -0.377 e. The van der Waals surface area contributed by atoms with Crippen LogP contribution in [0.1, 0.15) is 65.9 Å². The molecule has 0 bridgehead atoms. The van der Waals surface area contributed by atoms with E-state index in [9.17, 15) is 9.59 Å². The molecule has 1 aliphatic rings. The van der Waals surface area contributed by atoms with Gasteiger partial charge in [0.2, 0.25) is 11.8 Å². The Morgan fingerprint density at radius 2 is 1.94 bits per heavy atom. The Morgan fingerprint density at radius 1 is 1.23 bits per heavy atom. The van der Waals surface area contributed by atoms with Crippen molar-refractivity contribution in [2.45, 2.75) is 73.0 Å². The SMILES string of the molecule is CC(C)CC(=O)Nc1ccc(N(C)C)c(CN(C[C@H]2CCCO2)C(=O)CC(C)(C)C)c1. The fourth-order valence-corrected chi connectivity index (χ4v) is 3.87. The molecular formula is C25H41N3O3. The third kappa shape index (κ3) is 8.52. The first-order valence-corrected chi connectivity index (χ1v) is 11.4. The molecule has 0 aromatic heterocycles. The predicted octanol–water partition coefficient (Wildman–Crippen LogP) is 4.68. The molecule has 1 fully saturated rings. The van der Waals surface area contributed by atoms with Crippen LogP contribution >= 0.6 is 0 Å². The van der Waals surface area contributed by atoms with Gasteiger partial charge in [-0.1, -0.05) is 34.6 Å². The van der Waals surface area contributed by atoms with Crippen molar-refractivity contribution in [2.24, 2.45) is 11.3 Å². The standard InChI is InChI=1S/C25H41N3O3/c1-18(2)13-23(29)26-20-10-11-22(27(6)7)19(14-20)16-28(17-21-9-8-12-31-21)24(30)15-25(3,4)5/h10-11,14,18,21H,8-9,12-13,15-17H2,1-7H3,(H,26,29)/t21-/m1/s1. The summed E-state index contributed by atoms with van der Waals surface area (Å²) in [5.41, 5.74) is 2.75. The van der Waals surface area contributed by atoms with Crippen LogP contribution in [0.2, 0.25) is 0 Å². The van der Waals surface area contributed by atoms with Crippen molar-refractivity contribution in [3.8, 4) is 0 Å². The second-order valence-electron chi connectivity index (χ2n) is 10.5. The first-order valence-electron chi connectivity index (χ1n) is 11.4. The van der Waals surface area contributed by atoms with Crippen molar-refractivity contribution in [1.82, 2.24) is 4.90 Å². The molecule has 0 unspecified atom stereocenters. The maximum absolute atomic E-state index is 13.2. The number of carbonyl (C=O) groups is 2. The molecule has 6 heteroatoms. The minimum atomic E-state index is -0.0804. The van der Waals surface area contributed by atoms with Gasteiger partial charge in [0.25, 0.3) is 0 Å². The van der Waals surface area contributed by atoms with E-state index in [0.717, 1.165) is 36.4 Å². The number of ether oxygens (including phenoxy) is 1. The summed E-state index contributed by atoms with van der Waals surface area (Å²) in [6, 6.07) is 5.94. The lowest BCUT2D eigenvalue weighted by Gasteiger charge is -2.30. The molecule has 0 radical (unpaired) electrons. The van der Waals surface area contributed by atoms with Crippen molar-refractivity contribution >= 4 is 23.2 Å². The molecule has 1 N–H and O–H groups in total. The Hall–Kier alpha value is -2.08. The molecule has 6 nitrogen and oxygen atoms in total. The third-order valence-electron chi connectivity index (χ3n) is 5.28. The lowest BCUT2D eigenvalue weighted by Crippen LogP contribution is -2.38. The number of anilines is 2. The molecule has 2 amide bonds. The maximum atomic E-state index is 13.2. The molecule has 1 aromatic carbocycles. The highest BCUT2D eigenvalue weighted by molar-refractivity contribution is 5.91. The van der Waals surface area contributed by atoms with Crippen LogP contribution in [0.4, 0.5) is 11.4 Å². The zero-order chi connectivity index (χ0) is 23.2. The number of nitrogens with zero attached hydrogens (tertiary/aromatic N) is 2. The molecule has 0 aliphatic carbocycles. The van der Waals surface area contributed by atoms with Crippen LogP contribution in [0.3, 0.4) is 0 Å². The lowest BCUT2D eigenvalue weighted by atomic mass is 9.91. The zero-order valence-electron chi connectivity index (χ0n) is 20.5. The Morgan fingerprint density at radius 3 is 2.48 bits per heavy atom. The average Bonchev–Trinajstić information content (AvgIpc) is 3.12. The fourth-order valence-electron chi connectivity index (χ4n) is 3.87. The van der Waals surface area contributed by atoms with Gasteiger partial charge in [-0.25, -0.2) is 0 Å². The van der Waals surface area contributed by atoms with Gasteiger partial charge in [0, 0.05) is 58.0 Å². The van der Waals surface area contributed by atoms with E-state index < -0.39 is 0 Å². The highest BCUT2D eigenvalue weighted by atomic mass is 16.5. The molecule has 31 heavy (non-hydrogen) atoms. The molecule has 1 aliphatic heterocycles. The monoisotopic (exact) mass is 431 g/mol. The Bertz CT molecular complexity index is 747. The van der Waals surface area contributed by atoms with Crippen LogP contribution in [0.5, 0.6) is 0 Å². The predicted molar refractivity (Wildman–Crippen MR) is 127 cm³/mol. The van der Waals surface area contributed by atoms with Crippen LogP contribution in [-0.2, 0) is 20.9 Å². The van der Waals surface area contributed by atoms with Gasteiger partial charge in [0.15, 0.2) is 0 Å². The fraction of sp³-hybridized carbons (Fsp3) is 0.680. The lowest BCUT2D eigenvalue weighted by molar-refractivity contribution is -0.135. The van der Waals surface area contributed by atoms with Crippen LogP contribution < -0.4 is 10.2 Å². The molecule has 0 spiro atoms. The topological polar surface area (TPSA) is 61.9 Å². The van der Waals surface area contributed by atoms with Gasteiger partial charge in [-0.05, 0) is 47.9 Å². The first-order chi connectivity index (χ1) is 14.4.